The van der Waals surface area contributed by atoms with Gasteiger partial charge in [0.1, 0.15) is 0 Å². The quantitative estimate of drug-likeness (QED) is 0.723. The highest BCUT2D eigenvalue weighted by Crippen LogP contribution is 2.25. The summed E-state index contributed by atoms with van der Waals surface area (Å²) in [6.45, 7) is 3.48. The summed E-state index contributed by atoms with van der Waals surface area (Å²) >= 11 is 5.98. The highest BCUT2D eigenvalue weighted by atomic mass is 35.5. The molecule has 2 aromatic rings. The molecule has 0 atom stereocenters. The van der Waals surface area contributed by atoms with Gasteiger partial charge in [0.15, 0.2) is 0 Å². The Bertz CT molecular complexity index is 959. The Balaban J connectivity index is 1.68. The van der Waals surface area contributed by atoms with Crippen molar-refractivity contribution in [1.82, 2.24) is 10.2 Å². The van der Waals surface area contributed by atoms with Crippen LogP contribution in [0, 0.1) is 0 Å². The molecule has 1 fully saturated rings. The molecule has 0 unspecified atom stereocenters. The molecule has 0 bridgehead atoms. The van der Waals surface area contributed by atoms with Crippen molar-refractivity contribution in [3.8, 4) is 0 Å². The zero-order chi connectivity index (χ0) is 20.9. The summed E-state index contributed by atoms with van der Waals surface area (Å²) in [6.07, 6.45) is 3.68. The molecule has 29 heavy (non-hydrogen) atoms. The summed E-state index contributed by atoms with van der Waals surface area (Å²) < 4.78 is 27.1. The van der Waals surface area contributed by atoms with Crippen molar-refractivity contribution in [3.63, 3.8) is 0 Å². The predicted molar refractivity (Wildman–Crippen MR) is 116 cm³/mol. The van der Waals surface area contributed by atoms with Crippen LogP contribution in [-0.4, -0.2) is 52.5 Å². The molecule has 0 aromatic heterocycles. The van der Waals surface area contributed by atoms with Gasteiger partial charge in [-0.1, -0.05) is 30.2 Å². The lowest BCUT2D eigenvalue weighted by molar-refractivity contribution is 0.0946. The van der Waals surface area contributed by atoms with E-state index in [9.17, 15) is 13.2 Å². The normalized spacial score (nSPS) is 15.1. The average Bonchev–Trinajstić information content (AvgIpc) is 2.74. The van der Waals surface area contributed by atoms with E-state index in [1.54, 1.807) is 36.4 Å². The van der Waals surface area contributed by atoms with E-state index in [0.29, 0.717) is 22.8 Å². The van der Waals surface area contributed by atoms with Crippen LogP contribution in [0.25, 0.3) is 0 Å². The lowest BCUT2D eigenvalue weighted by Crippen LogP contribution is -2.37. The number of sulfonamides is 1. The van der Waals surface area contributed by atoms with Crippen molar-refractivity contribution in [3.05, 3.63) is 59.1 Å². The van der Waals surface area contributed by atoms with Crippen molar-refractivity contribution in [1.29, 1.82) is 0 Å². The molecule has 2 aromatic carbocycles. The Morgan fingerprint density at radius 1 is 1.10 bits per heavy atom. The molecular weight excluding hydrogens is 410 g/mol. The molecule has 8 heteroatoms. The van der Waals surface area contributed by atoms with Crippen molar-refractivity contribution < 1.29 is 13.2 Å². The smallest absolute Gasteiger partial charge is 0.264 e. The van der Waals surface area contributed by atoms with Crippen molar-refractivity contribution >= 4 is 33.2 Å². The van der Waals surface area contributed by atoms with E-state index in [1.165, 1.54) is 38.4 Å². The van der Waals surface area contributed by atoms with Crippen LogP contribution in [0.4, 0.5) is 5.69 Å². The highest BCUT2D eigenvalue weighted by molar-refractivity contribution is 7.92. The van der Waals surface area contributed by atoms with E-state index >= 15 is 0 Å². The van der Waals surface area contributed by atoms with Crippen molar-refractivity contribution in [2.45, 2.75) is 24.2 Å². The molecule has 0 aliphatic carbocycles. The first kappa shape index (κ1) is 21.6. The number of piperidine rings is 1. The number of rotatable bonds is 7. The van der Waals surface area contributed by atoms with Gasteiger partial charge in [0.05, 0.1) is 10.6 Å². The van der Waals surface area contributed by atoms with E-state index in [0.717, 1.165) is 23.9 Å². The first-order valence-corrected chi connectivity index (χ1v) is 11.5. The second-order valence-electron chi connectivity index (χ2n) is 7.14. The standard InChI is InChI=1S/C21H26ClN3O3S/c1-24(19-9-6-8-18(22)16-19)29(27,28)20-10-5-7-17(15-20)21(26)23-11-14-25-12-3-2-4-13-25/h5-10,15-16H,2-4,11-14H2,1H3,(H,23,26). The van der Waals surface area contributed by atoms with Gasteiger partial charge in [0.2, 0.25) is 0 Å². The van der Waals surface area contributed by atoms with E-state index in [-0.39, 0.29) is 10.8 Å². The van der Waals surface area contributed by atoms with Crippen LogP contribution in [0.5, 0.6) is 0 Å². The summed E-state index contributed by atoms with van der Waals surface area (Å²) in [6, 6.07) is 12.7. The van der Waals surface area contributed by atoms with Crippen LogP contribution in [-0.2, 0) is 10.0 Å². The Morgan fingerprint density at radius 3 is 2.55 bits per heavy atom. The molecule has 0 radical (unpaired) electrons. The maximum Gasteiger partial charge on any atom is 0.264 e. The number of hydrogen-bond acceptors (Lipinski definition) is 4. The maximum atomic E-state index is 13.0. The first-order chi connectivity index (χ1) is 13.9. The molecule has 1 aliphatic heterocycles. The third-order valence-electron chi connectivity index (χ3n) is 5.09. The first-order valence-electron chi connectivity index (χ1n) is 9.73. The van der Waals surface area contributed by atoms with E-state index < -0.39 is 10.0 Å². The van der Waals surface area contributed by atoms with Crippen molar-refractivity contribution in [2.75, 3.05) is 37.5 Å². The van der Waals surface area contributed by atoms with Gasteiger partial charge in [-0.25, -0.2) is 8.42 Å². The van der Waals surface area contributed by atoms with Gasteiger partial charge in [0, 0.05) is 30.7 Å². The number of benzene rings is 2. The zero-order valence-corrected chi connectivity index (χ0v) is 18.0. The highest BCUT2D eigenvalue weighted by Gasteiger charge is 2.22. The molecule has 1 aliphatic rings. The minimum atomic E-state index is -3.82. The number of likely N-dealkylation sites (tertiary alicyclic amines) is 1. The molecule has 3 rings (SSSR count). The zero-order valence-electron chi connectivity index (χ0n) is 16.5. The number of nitrogens with one attached hydrogen (secondary N) is 1. The van der Waals surface area contributed by atoms with Gasteiger partial charge in [-0.3, -0.25) is 9.10 Å². The van der Waals surface area contributed by atoms with Crippen LogP contribution >= 0.6 is 11.6 Å². The fraction of sp³-hybridized carbons (Fsp3) is 0.381. The second-order valence-corrected chi connectivity index (χ2v) is 9.54. The van der Waals surface area contributed by atoms with Crippen LogP contribution in [0.1, 0.15) is 29.6 Å². The van der Waals surface area contributed by atoms with Gasteiger partial charge >= 0.3 is 0 Å². The summed E-state index contributed by atoms with van der Waals surface area (Å²) in [5.41, 5.74) is 0.776. The van der Waals surface area contributed by atoms with Gasteiger partial charge in [-0.05, 0) is 62.3 Å². The summed E-state index contributed by atoms with van der Waals surface area (Å²) in [5.74, 6) is -0.274. The van der Waals surface area contributed by atoms with Gasteiger partial charge in [-0.15, -0.1) is 0 Å². The Morgan fingerprint density at radius 2 is 1.83 bits per heavy atom. The number of carbonyl (C=O) groups excluding carboxylic acids is 1. The monoisotopic (exact) mass is 435 g/mol. The number of anilines is 1. The molecule has 1 amide bonds. The fourth-order valence-corrected chi connectivity index (χ4v) is 4.80. The summed E-state index contributed by atoms with van der Waals surface area (Å²) in [5, 5.41) is 3.34. The van der Waals surface area contributed by atoms with Crippen LogP contribution < -0.4 is 9.62 Å². The maximum absolute atomic E-state index is 13.0. The SMILES string of the molecule is CN(c1cccc(Cl)c1)S(=O)(=O)c1cccc(C(=O)NCCN2CCCCC2)c1. The van der Waals surface area contributed by atoms with Crippen LogP contribution in [0.15, 0.2) is 53.4 Å². The predicted octanol–water partition coefficient (Wildman–Crippen LogP) is 3.38. The lowest BCUT2D eigenvalue weighted by Gasteiger charge is -2.26. The largest absolute Gasteiger partial charge is 0.351 e. The minimum absolute atomic E-state index is 0.0589. The van der Waals surface area contributed by atoms with Crippen molar-refractivity contribution in [2.24, 2.45) is 0 Å². The topological polar surface area (TPSA) is 69.7 Å². The number of halogens is 1. The molecule has 6 nitrogen and oxygen atoms in total. The molecule has 0 saturated carbocycles. The van der Waals surface area contributed by atoms with E-state index in [2.05, 4.69) is 10.2 Å². The van der Waals surface area contributed by atoms with E-state index in [4.69, 9.17) is 11.6 Å². The molecule has 1 saturated heterocycles. The Hall–Kier alpha value is -2.09. The van der Waals surface area contributed by atoms with Crippen LogP contribution in [0.3, 0.4) is 0 Å². The molecular formula is C21H26ClN3O3S. The summed E-state index contributed by atoms with van der Waals surface area (Å²) in [7, 11) is -2.35. The lowest BCUT2D eigenvalue weighted by atomic mass is 10.1. The number of hydrogen-bond donors (Lipinski definition) is 1. The third-order valence-corrected chi connectivity index (χ3v) is 7.11. The molecule has 0 spiro atoms. The molecule has 1 N–H and O–H groups in total. The summed E-state index contributed by atoms with van der Waals surface area (Å²) in [4.78, 5) is 14.9. The van der Waals surface area contributed by atoms with Crippen LogP contribution in [0.2, 0.25) is 5.02 Å². The van der Waals surface area contributed by atoms with Gasteiger partial charge in [-0.2, -0.15) is 0 Å². The number of carbonyl (C=O) groups is 1. The number of nitrogens with zero attached hydrogens (tertiary/aromatic N) is 2. The fourth-order valence-electron chi connectivity index (χ4n) is 3.38. The molecule has 156 valence electrons. The van der Waals surface area contributed by atoms with Gasteiger partial charge in [0.25, 0.3) is 15.9 Å². The third kappa shape index (κ3) is 5.50. The molecule has 1 heterocycles. The van der Waals surface area contributed by atoms with E-state index in [1.807, 2.05) is 0 Å². The minimum Gasteiger partial charge on any atom is -0.351 e. The average molecular weight is 436 g/mol. The Kier molecular flexibility index (Phi) is 7.16. The Labute approximate surface area is 177 Å². The second kappa shape index (κ2) is 9.61. The van der Waals surface area contributed by atoms with Gasteiger partial charge < -0.3 is 10.2 Å². The number of amides is 1.